The van der Waals surface area contributed by atoms with E-state index < -0.39 is 0 Å². The summed E-state index contributed by atoms with van der Waals surface area (Å²) < 4.78 is 16.1. The maximum absolute atomic E-state index is 5.32. The maximum atomic E-state index is 5.32. The molecule has 0 bridgehead atoms. The van der Waals surface area contributed by atoms with Gasteiger partial charge in [-0.05, 0) is 12.1 Å². The third-order valence-corrected chi connectivity index (χ3v) is 2.43. The first-order valence-corrected chi connectivity index (χ1v) is 5.53. The largest absolute Gasteiger partial charge is 0.497 e. The number of ether oxygens (including phenoxy) is 2. The van der Waals surface area contributed by atoms with Crippen LogP contribution in [0.2, 0.25) is 0 Å². The van der Waals surface area contributed by atoms with Crippen LogP contribution in [0.1, 0.15) is 0 Å². The molecule has 0 saturated heterocycles. The molecular formula is C10H9IN2O3. The van der Waals surface area contributed by atoms with Gasteiger partial charge in [0.15, 0.2) is 0 Å². The van der Waals surface area contributed by atoms with Crippen molar-refractivity contribution in [2.24, 2.45) is 0 Å². The van der Waals surface area contributed by atoms with Crippen LogP contribution in [0.5, 0.6) is 11.5 Å². The van der Waals surface area contributed by atoms with Gasteiger partial charge in [-0.1, -0.05) is 0 Å². The summed E-state index contributed by atoms with van der Waals surface area (Å²) in [4.78, 5) is 0. The van der Waals surface area contributed by atoms with Crippen molar-refractivity contribution >= 4 is 22.6 Å². The molecule has 6 heteroatoms. The SMILES string of the molecule is COc1cc(OC)cc(-c2nnc(I)o2)c1. The zero-order chi connectivity index (χ0) is 11.5. The highest BCUT2D eigenvalue weighted by atomic mass is 127. The minimum absolute atomic E-state index is 0.446. The zero-order valence-electron chi connectivity index (χ0n) is 8.73. The lowest BCUT2D eigenvalue weighted by Gasteiger charge is -2.05. The third-order valence-electron chi connectivity index (χ3n) is 2.00. The van der Waals surface area contributed by atoms with E-state index >= 15 is 0 Å². The molecule has 0 atom stereocenters. The van der Waals surface area contributed by atoms with Crippen molar-refractivity contribution in [1.82, 2.24) is 10.2 Å². The fourth-order valence-electron chi connectivity index (χ4n) is 1.25. The summed E-state index contributed by atoms with van der Waals surface area (Å²) in [6.45, 7) is 0. The molecule has 5 nitrogen and oxygen atoms in total. The summed E-state index contributed by atoms with van der Waals surface area (Å²) >= 11 is 1.96. The van der Waals surface area contributed by atoms with E-state index in [0.29, 0.717) is 21.3 Å². The fraction of sp³-hybridized carbons (Fsp3) is 0.200. The van der Waals surface area contributed by atoms with Crippen LogP contribution >= 0.6 is 22.6 Å². The number of rotatable bonds is 3. The van der Waals surface area contributed by atoms with Crippen LogP contribution in [-0.4, -0.2) is 24.4 Å². The van der Waals surface area contributed by atoms with Gasteiger partial charge in [0, 0.05) is 34.2 Å². The van der Waals surface area contributed by atoms with Crippen molar-refractivity contribution in [2.75, 3.05) is 14.2 Å². The second-order valence-electron chi connectivity index (χ2n) is 2.96. The Hall–Kier alpha value is -1.31. The van der Waals surface area contributed by atoms with Gasteiger partial charge in [-0.15, -0.1) is 10.2 Å². The van der Waals surface area contributed by atoms with Gasteiger partial charge in [0.05, 0.1) is 14.2 Å². The van der Waals surface area contributed by atoms with Gasteiger partial charge in [0.2, 0.25) is 5.89 Å². The minimum Gasteiger partial charge on any atom is -0.497 e. The van der Waals surface area contributed by atoms with E-state index in [2.05, 4.69) is 10.2 Å². The standard InChI is InChI=1S/C10H9IN2O3/c1-14-7-3-6(4-8(5-7)15-2)9-12-13-10(11)16-9/h3-5H,1-2H3. The van der Waals surface area contributed by atoms with Crippen molar-refractivity contribution in [3.8, 4) is 23.0 Å². The van der Waals surface area contributed by atoms with Gasteiger partial charge < -0.3 is 13.9 Å². The van der Waals surface area contributed by atoms with Crippen LogP contribution in [0.25, 0.3) is 11.5 Å². The van der Waals surface area contributed by atoms with Crippen LogP contribution in [-0.2, 0) is 0 Å². The zero-order valence-corrected chi connectivity index (χ0v) is 10.9. The molecule has 0 spiro atoms. The van der Waals surface area contributed by atoms with Gasteiger partial charge in [0.1, 0.15) is 11.5 Å². The summed E-state index contributed by atoms with van der Waals surface area (Å²) in [6.07, 6.45) is 0. The van der Waals surface area contributed by atoms with E-state index in [-0.39, 0.29) is 0 Å². The Kier molecular flexibility index (Phi) is 3.28. The van der Waals surface area contributed by atoms with Crippen LogP contribution in [0.15, 0.2) is 22.6 Å². The molecule has 0 unspecified atom stereocenters. The van der Waals surface area contributed by atoms with Crippen molar-refractivity contribution in [3.05, 3.63) is 22.1 Å². The summed E-state index contributed by atoms with van der Waals surface area (Å²) in [5, 5.41) is 7.69. The summed E-state index contributed by atoms with van der Waals surface area (Å²) in [5.41, 5.74) is 0.770. The van der Waals surface area contributed by atoms with Gasteiger partial charge in [-0.2, -0.15) is 0 Å². The molecule has 0 radical (unpaired) electrons. The predicted molar refractivity (Wildman–Crippen MR) is 65.6 cm³/mol. The highest BCUT2D eigenvalue weighted by molar-refractivity contribution is 14.1. The van der Waals surface area contributed by atoms with Crippen molar-refractivity contribution < 1.29 is 13.9 Å². The van der Waals surface area contributed by atoms with E-state index in [1.807, 2.05) is 34.7 Å². The maximum Gasteiger partial charge on any atom is 0.278 e. The molecule has 16 heavy (non-hydrogen) atoms. The van der Waals surface area contributed by atoms with Gasteiger partial charge in [-0.25, -0.2) is 0 Å². The minimum atomic E-state index is 0.446. The lowest BCUT2D eigenvalue weighted by molar-refractivity contribution is 0.394. The Morgan fingerprint density at radius 2 is 1.69 bits per heavy atom. The average Bonchev–Trinajstić information content (AvgIpc) is 2.75. The van der Waals surface area contributed by atoms with E-state index in [9.17, 15) is 0 Å². The first kappa shape index (κ1) is 11.2. The number of hydrogen-bond donors (Lipinski definition) is 0. The number of benzene rings is 1. The highest BCUT2D eigenvalue weighted by Gasteiger charge is 2.10. The normalized spacial score (nSPS) is 10.2. The van der Waals surface area contributed by atoms with E-state index in [0.717, 1.165) is 5.56 Å². The van der Waals surface area contributed by atoms with Crippen molar-refractivity contribution in [3.63, 3.8) is 0 Å². The summed E-state index contributed by atoms with van der Waals surface area (Å²) in [6, 6.07) is 5.41. The molecule has 0 aliphatic carbocycles. The Balaban J connectivity index is 2.47. The van der Waals surface area contributed by atoms with Gasteiger partial charge in [-0.3, -0.25) is 0 Å². The van der Waals surface area contributed by atoms with E-state index in [1.165, 1.54) is 0 Å². The predicted octanol–water partition coefficient (Wildman–Crippen LogP) is 2.36. The van der Waals surface area contributed by atoms with Crippen LogP contribution in [0, 0.1) is 3.90 Å². The molecule has 0 fully saturated rings. The summed E-state index contributed by atoms with van der Waals surface area (Å²) in [5.74, 6) is 1.81. The number of aromatic nitrogens is 2. The number of hydrogen-bond acceptors (Lipinski definition) is 5. The molecule has 2 aromatic rings. The van der Waals surface area contributed by atoms with E-state index in [1.54, 1.807) is 20.3 Å². The molecule has 1 heterocycles. The van der Waals surface area contributed by atoms with Crippen molar-refractivity contribution in [2.45, 2.75) is 0 Å². The van der Waals surface area contributed by atoms with Crippen LogP contribution in [0.4, 0.5) is 0 Å². The first-order chi connectivity index (χ1) is 7.72. The van der Waals surface area contributed by atoms with Gasteiger partial charge in [0.25, 0.3) is 3.90 Å². The molecule has 0 aliphatic rings. The fourth-order valence-corrected chi connectivity index (χ4v) is 1.57. The monoisotopic (exact) mass is 332 g/mol. The second kappa shape index (κ2) is 4.69. The molecule has 1 aromatic carbocycles. The first-order valence-electron chi connectivity index (χ1n) is 4.45. The third kappa shape index (κ3) is 2.26. The lowest BCUT2D eigenvalue weighted by atomic mass is 10.2. The number of methoxy groups -OCH3 is 2. The second-order valence-corrected chi connectivity index (χ2v) is 3.88. The summed E-state index contributed by atoms with van der Waals surface area (Å²) in [7, 11) is 3.19. The van der Waals surface area contributed by atoms with Crippen LogP contribution in [0.3, 0.4) is 0 Å². The quantitative estimate of drug-likeness (QED) is 0.808. The lowest BCUT2D eigenvalue weighted by Crippen LogP contribution is -1.88. The molecule has 2 rings (SSSR count). The Bertz CT molecular complexity index is 476. The Labute approximate surface area is 106 Å². The Morgan fingerprint density at radius 3 is 2.12 bits per heavy atom. The topological polar surface area (TPSA) is 57.4 Å². The molecule has 0 aliphatic heterocycles. The average molecular weight is 332 g/mol. The molecular weight excluding hydrogens is 323 g/mol. The molecule has 0 saturated carbocycles. The molecule has 0 N–H and O–H groups in total. The number of nitrogens with zero attached hydrogens (tertiary/aromatic N) is 2. The van der Waals surface area contributed by atoms with E-state index in [4.69, 9.17) is 13.9 Å². The van der Waals surface area contributed by atoms with Gasteiger partial charge >= 0.3 is 0 Å². The van der Waals surface area contributed by atoms with Crippen molar-refractivity contribution in [1.29, 1.82) is 0 Å². The highest BCUT2D eigenvalue weighted by Crippen LogP contribution is 2.28. The number of halogens is 1. The molecule has 1 aromatic heterocycles. The van der Waals surface area contributed by atoms with Crippen LogP contribution < -0.4 is 9.47 Å². The molecule has 0 amide bonds. The Morgan fingerprint density at radius 1 is 1.06 bits per heavy atom. The smallest absolute Gasteiger partial charge is 0.278 e. The molecule has 84 valence electrons.